The Morgan fingerprint density at radius 2 is 1.19 bits per heavy atom. The summed E-state index contributed by atoms with van der Waals surface area (Å²) >= 11 is 0. The molecule has 0 aromatic carbocycles. The Kier molecular flexibility index (Phi) is 18.2. The van der Waals surface area contributed by atoms with Crippen molar-refractivity contribution in [1.82, 2.24) is 19.6 Å². The number of aliphatic hydroxyl groups excluding tert-OH is 3. The molecule has 2 heterocycles. The maximum absolute atomic E-state index is 11.5. The van der Waals surface area contributed by atoms with Gasteiger partial charge in [-0.15, -0.1) is 0 Å². The van der Waals surface area contributed by atoms with Gasteiger partial charge in [0.15, 0.2) is 11.9 Å². The number of rotatable bonds is 9. The molecule has 3 unspecified atom stereocenters. The SMILES string of the molecule is C[n+]1cc(C(N)=O)ccc1CN1CCN(CC([O-])O)CCN(CC([O-])O)CCN(CC([O-])O)CC1.O.[Y]. The van der Waals surface area contributed by atoms with Gasteiger partial charge in [-0.3, -0.25) is 24.4 Å². The second-order valence-electron chi connectivity index (χ2n) is 8.93. The van der Waals surface area contributed by atoms with Gasteiger partial charge in [0.1, 0.15) is 12.6 Å². The fraction of sp³-hybridized carbons (Fsp3) is 0.727. The average molecular weight is 606 g/mol. The molecule has 1 amide bonds. The summed E-state index contributed by atoms with van der Waals surface area (Å²) in [5.74, 6) is -0.518. The van der Waals surface area contributed by atoms with Crippen LogP contribution in [0.1, 0.15) is 16.1 Å². The van der Waals surface area contributed by atoms with E-state index in [2.05, 4.69) is 4.90 Å². The minimum Gasteiger partial charge on any atom is -0.830 e. The van der Waals surface area contributed by atoms with E-state index in [0.29, 0.717) is 64.5 Å². The molecule has 0 spiro atoms. The third-order valence-electron chi connectivity index (χ3n) is 6.08. The molecule has 1 fully saturated rings. The molecular formula is C22H40N6O8Y-2. The van der Waals surface area contributed by atoms with Gasteiger partial charge in [0.2, 0.25) is 0 Å². The van der Waals surface area contributed by atoms with E-state index in [1.807, 2.05) is 27.5 Å². The van der Waals surface area contributed by atoms with Gasteiger partial charge in [0.05, 0.1) is 6.54 Å². The number of nitrogens with two attached hydrogens (primary N) is 1. The summed E-state index contributed by atoms with van der Waals surface area (Å²) in [5, 5.41) is 62.5. The maximum Gasteiger partial charge on any atom is 0.254 e. The number of β-amino-alcohol motifs (C(OH)–C–C–N with tert-alkyl or cyclic N) is 3. The van der Waals surface area contributed by atoms with Crippen LogP contribution >= 0.6 is 0 Å². The number of hydrogen-bond acceptors (Lipinski definition) is 11. The molecule has 2 rings (SSSR count). The predicted octanol–water partition coefficient (Wildman–Crippen LogP) is -7.46. The van der Waals surface area contributed by atoms with Gasteiger partial charge in [-0.25, -0.2) is 4.57 Å². The summed E-state index contributed by atoms with van der Waals surface area (Å²) in [5.41, 5.74) is 6.67. The van der Waals surface area contributed by atoms with Crippen LogP contribution in [0.4, 0.5) is 0 Å². The molecule has 1 aromatic heterocycles. The zero-order valence-electron chi connectivity index (χ0n) is 21.3. The van der Waals surface area contributed by atoms with Crippen LogP contribution in [0.15, 0.2) is 18.3 Å². The molecule has 1 aliphatic heterocycles. The standard InChI is InChI=1S/C22H38N6O7.H2O.Y/c1-24-12-17(22(23)35)2-3-18(24)13-25-4-6-26(14-19(29)30)8-10-28(16-21(33)34)11-9-27(7-5-25)15-20(31)32;;/h2-3,12,19-21,29,31,33H,4-11,13-16H2,1H3,(H2,23,35);1H2;/q-2;;. The largest absolute Gasteiger partial charge is 0.830 e. The molecule has 1 radical (unpaired) electrons. The van der Waals surface area contributed by atoms with Crippen LogP contribution in [0.25, 0.3) is 0 Å². The van der Waals surface area contributed by atoms with Crippen molar-refractivity contribution in [2.24, 2.45) is 12.8 Å². The molecule has 1 aromatic rings. The molecule has 14 nitrogen and oxygen atoms in total. The van der Waals surface area contributed by atoms with Gasteiger partial charge in [-0.05, 0) is 24.9 Å². The molecule has 7 N–H and O–H groups in total. The first-order valence-corrected chi connectivity index (χ1v) is 11.7. The van der Waals surface area contributed by atoms with Crippen LogP contribution in [0.2, 0.25) is 0 Å². The fourth-order valence-electron chi connectivity index (χ4n) is 4.12. The number of primary amides is 1. The van der Waals surface area contributed by atoms with Gasteiger partial charge in [-0.1, -0.05) is 0 Å². The summed E-state index contributed by atoms with van der Waals surface area (Å²) in [7, 11) is 1.82. The monoisotopic (exact) mass is 605 g/mol. The predicted molar refractivity (Wildman–Crippen MR) is 122 cm³/mol. The van der Waals surface area contributed by atoms with Gasteiger partial charge in [0, 0.05) is 111 Å². The number of aryl methyl sites for hydroxylation is 1. The molecule has 1 saturated heterocycles. The normalized spacial score (nSPS) is 20.0. The molecule has 211 valence electrons. The minimum absolute atomic E-state index is 0. The first-order valence-electron chi connectivity index (χ1n) is 11.7. The summed E-state index contributed by atoms with van der Waals surface area (Å²) in [6, 6.07) is 3.48. The second kappa shape index (κ2) is 18.5. The van der Waals surface area contributed by atoms with Crippen molar-refractivity contribution in [2.45, 2.75) is 25.4 Å². The quantitative estimate of drug-likeness (QED) is 0.153. The smallest absolute Gasteiger partial charge is 0.254 e. The van der Waals surface area contributed by atoms with Crippen molar-refractivity contribution in [1.29, 1.82) is 0 Å². The number of aliphatic hydroxyl groups is 3. The van der Waals surface area contributed by atoms with Crippen molar-refractivity contribution in [3.63, 3.8) is 0 Å². The molecule has 37 heavy (non-hydrogen) atoms. The van der Waals surface area contributed by atoms with Gasteiger partial charge >= 0.3 is 0 Å². The first kappa shape index (κ1) is 36.3. The van der Waals surface area contributed by atoms with Gasteiger partial charge in [0.25, 0.3) is 5.91 Å². The van der Waals surface area contributed by atoms with Crippen molar-refractivity contribution >= 4 is 5.91 Å². The topological polar surface area (TPSA) is 221 Å². The van der Waals surface area contributed by atoms with E-state index in [1.54, 1.807) is 17.2 Å². The third-order valence-corrected chi connectivity index (χ3v) is 6.08. The molecule has 15 heteroatoms. The van der Waals surface area contributed by atoms with Crippen LogP contribution in [0, 0.1) is 0 Å². The number of amides is 1. The average Bonchev–Trinajstić information content (AvgIpc) is 2.75. The van der Waals surface area contributed by atoms with Crippen LogP contribution in [-0.2, 0) is 46.3 Å². The molecule has 0 saturated carbocycles. The third kappa shape index (κ3) is 14.3. The summed E-state index contributed by atoms with van der Waals surface area (Å²) in [4.78, 5) is 19.0. The second-order valence-corrected chi connectivity index (χ2v) is 8.93. The van der Waals surface area contributed by atoms with Crippen molar-refractivity contribution in [3.8, 4) is 0 Å². The van der Waals surface area contributed by atoms with E-state index in [9.17, 15) is 35.4 Å². The summed E-state index contributed by atoms with van der Waals surface area (Å²) in [6.45, 7) is 3.90. The molecule has 1 aliphatic rings. The first-order chi connectivity index (χ1) is 16.5. The number of pyridine rings is 1. The van der Waals surface area contributed by atoms with E-state index in [4.69, 9.17) is 5.73 Å². The Labute approximate surface area is 242 Å². The maximum atomic E-state index is 11.5. The Morgan fingerprint density at radius 1 is 0.838 bits per heavy atom. The number of hydrogen-bond donors (Lipinski definition) is 4. The van der Waals surface area contributed by atoms with Gasteiger partial charge in [-0.2, -0.15) is 0 Å². The van der Waals surface area contributed by atoms with E-state index in [-0.39, 0.29) is 57.8 Å². The van der Waals surface area contributed by atoms with E-state index in [0.717, 1.165) is 5.69 Å². The molecule has 0 aliphatic carbocycles. The van der Waals surface area contributed by atoms with Crippen LogP contribution in [0.5, 0.6) is 0 Å². The van der Waals surface area contributed by atoms with Crippen LogP contribution < -0.4 is 25.6 Å². The zero-order valence-corrected chi connectivity index (χ0v) is 24.2. The minimum atomic E-state index is -1.78. The Bertz CT molecular complexity index is 766. The van der Waals surface area contributed by atoms with Crippen LogP contribution in [0.3, 0.4) is 0 Å². The fourth-order valence-corrected chi connectivity index (χ4v) is 4.12. The number of nitrogens with zero attached hydrogens (tertiary/aromatic N) is 5. The Hall–Kier alpha value is -0.716. The summed E-state index contributed by atoms with van der Waals surface area (Å²) < 4.78 is 1.82. The Morgan fingerprint density at radius 3 is 1.49 bits per heavy atom. The van der Waals surface area contributed by atoms with E-state index >= 15 is 0 Å². The molecule has 3 atom stereocenters. The number of carbonyl (C=O) groups is 1. The number of aromatic nitrogens is 1. The van der Waals surface area contributed by atoms with Crippen molar-refractivity contribution in [3.05, 3.63) is 29.6 Å². The van der Waals surface area contributed by atoms with E-state index in [1.165, 1.54) is 0 Å². The molecule has 0 bridgehead atoms. The summed E-state index contributed by atoms with van der Waals surface area (Å²) in [6.07, 6.45) is -3.64. The number of carbonyl (C=O) groups excluding carboxylic acids is 1. The van der Waals surface area contributed by atoms with Crippen molar-refractivity contribution in [2.75, 3.05) is 72.0 Å². The van der Waals surface area contributed by atoms with E-state index < -0.39 is 24.8 Å². The van der Waals surface area contributed by atoms with Crippen molar-refractivity contribution < 1.29 is 78.2 Å². The van der Waals surface area contributed by atoms with Crippen LogP contribution in [-0.4, -0.2) is 137 Å². The van der Waals surface area contributed by atoms with Gasteiger partial charge < -0.3 is 41.8 Å². The zero-order chi connectivity index (χ0) is 26.0. The molecular weight excluding hydrogens is 565 g/mol. The Balaban J connectivity index is 0.00000648.